The molecule has 0 aliphatic carbocycles. The number of methoxy groups -OCH3 is 1. The van der Waals surface area contributed by atoms with Gasteiger partial charge >= 0.3 is 0 Å². The van der Waals surface area contributed by atoms with E-state index < -0.39 is 5.54 Å². The Bertz CT molecular complexity index is 584. The summed E-state index contributed by atoms with van der Waals surface area (Å²) in [5.41, 5.74) is 0.249. The number of hydrogen-bond donors (Lipinski definition) is 2. The van der Waals surface area contributed by atoms with Gasteiger partial charge in [-0.15, -0.1) is 0 Å². The molecule has 0 unspecified atom stereocenters. The summed E-state index contributed by atoms with van der Waals surface area (Å²) in [6.45, 7) is 2.74. The largest absolute Gasteiger partial charge is 0.383 e. The molecule has 7 nitrogen and oxygen atoms in total. The highest BCUT2D eigenvalue weighted by atomic mass is 16.5. The number of rotatable bonds is 8. The van der Waals surface area contributed by atoms with Gasteiger partial charge in [0.2, 0.25) is 11.8 Å². The van der Waals surface area contributed by atoms with Gasteiger partial charge in [-0.25, -0.2) is 0 Å². The first-order valence-electron chi connectivity index (χ1n) is 9.00. The van der Waals surface area contributed by atoms with Gasteiger partial charge in [-0.1, -0.05) is 18.2 Å². The van der Waals surface area contributed by atoms with Crippen molar-refractivity contribution in [3.05, 3.63) is 30.3 Å². The van der Waals surface area contributed by atoms with E-state index in [1.54, 1.807) is 26.1 Å². The Kier molecular flexibility index (Phi) is 7.41. The zero-order valence-electron chi connectivity index (χ0n) is 16.0. The standard InChI is InChI=1S/C19H30N4O3/c1-22(2)17(24)15-23-12-9-19(10-13-23,18(25)20-11-14-26-3)21-16-7-5-4-6-8-16/h4-8,21H,9-15H2,1-3H3,(H,20,25). The van der Waals surface area contributed by atoms with Crippen LogP contribution in [0.25, 0.3) is 0 Å². The van der Waals surface area contributed by atoms with Crippen LogP contribution in [0.4, 0.5) is 5.69 Å². The number of amides is 2. The number of carbonyl (C=O) groups excluding carboxylic acids is 2. The number of likely N-dealkylation sites (N-methyl/N-ethyl adjacent to an activating group) is 1. The average Bonchev–Trinajstić information content (AvgIpc) is 2.64. The van der Waals surface area contributed by atoms with Crippen molar-refractivity contribution < 1.29 is 14.3 Å². The fourth-order valence-corrected chi connectivity index (χ4v) is 3.07. The Hall–Kier alpha value is -2.12. The van der Waals surface area contributed by atoms with Crippen molar-refractivity contribution in [2.45, 2.75) is 18.4 Å². The van der Waals surface area contributed by atoms with E-state index in [0.717, 1.165) is 5.69 Å². The second-order valence-electron chi connectivity index (χ2n) is 6.89. The molecule has 0 aromatic heterocycles. The first-order chi connectivity index (χ1) is 12.5. The normalized spacial score (nSPS) is 16.7. The van der Waals surface area contributed by atoms with Crippen LogP contribution in [0.15, 0.2) is 30.3 Å². The molecule has 0 atom stereocenters. The highest BCUT2D eigenvalue weighted by Crippen LogP contribution is 2.27. The number of nitrogens with zero attached hydrogens (tertiary/aromatic N) is 2. The summed E-state index contributed by atoms with van der Waals surface area (Å²) >= 11 is 0. The third kappa shape index (κ3) is 5.44. The SMILES string of the molecule is COCCNC(=O)C1(Nc2ccccc2)CCN(CC(=O)N(C)C)CC1. The van der Waals surface area contributed by atoms with E-state index in [-0.39, 0.29) is 11.8 Å². The minimum Gasteiger partial charge on any atom is -0.383 e. The number of para-hydroxylation sites is 1. The molecular weight excluding hydrogens is 332 g/mol. The molecule has 1 aliphatic heterocycles. The van der Waals surface area contributed by atoms with E-state index >= 15 is 0 Å². The monoisotopic (exact) mass is 362 g/mol. The maximum Gasteiger partial charge on any atom is 0.245 e. The summed E-state index contributed by atoms with van der Waals surface area (Å²) in [6.07, 6.45) is 1.28. The molecule has 1 heterocycles. The van der Waals surface area contributed by atoms with Crippen LogP contribution in [-0.4, -0.2) is 81.1 Å². The minimum absolute atomic E-state index is 0.0167. The summed E-state index contributed by atoms with van der Waals surface area (Å²) in [5, 5.41) is 6.41. The quantitative estimate of drug-likeness (QED) is 0.669. The van der Waals surface area contributed by atoms with Crippen molar-refractivity contribution in [1.29, 1.82) is 0 Å². The first-order valence-corrected chi connectivity index (χ1v) is 9.00. The van der Waals surface area contributed by atoms with Gasteiger partial charge in [-0.2, -0.15) is 0 Å². The lowest BCUT2D eigenvalue weighted by atomic mass is 9.85. The van der Waals surface area contributed by atoms with E-state index in [2.05, 4.69) is 15.5 Å². The second kappa shape index (κ2) is 9.54. The number of piperidine rings is 1. The number of likely N-dealkylation sites (tertiary alicyclic amines) is 1. The predicted octanol–water partition coefficient (Wildman–Crippen LogP) is 0.784. The molecule has 1 saturated heterocycles. The number of anilines is 1. The molecule has 0 spiro atoms. The van der Waals surface area contributed by atoms with Crippen LogP contribution in [0.3, 0.4) is 0 Å². The Balaban J connectivity index is 2.05. The molecule has 144 valence electrons. The summed E-state index contributed by atoms with van der Waals surface area (Å²) in [7, 11) is 5.14. The summed E-state index contributed by atoms with van der Waals surface area (Å²) in [4.78, 5) is 28.6. The molecule has 1 aromatic carbocycles. The molecule has 7 heteroatoms. The molecule has 2 rings (SSSR count). The Labute approximate surface area is 155 Å². The van der Waals surface area contributed by atoms with Crippen LogP contribution in [0.5, 0.6) is 0 Å². The number of nitrogens with one attached hydrogen (secondary N) is 2. The molecule has 2 amide bonds. The van der Waals surface area contributed by atoms with E-state index in [4.69, 9.17) is 4.74 Å². The van der Waals surface area contributed by atoms with Gasteiger partial charge < -0.3 is 20.3 Å². The summed E-state index contributed by atoms with van der Waals surface area (Å²) in [6, 6.07) is 9.78. The fourth-order valence-electron chi connectivity index (χ4n) is 3.07. The topological polar surface area (TPSA) is 73.9 Å². The first kappa shape index (κ1) is 20.2. The molecule has 0 bridgehead atoms. The van der Waals surface area contributed by atoms with Crippen LogP contribution in [0.2, 0.25) is 0 Å². The van der Waals surface area contributed by atoms with Crippen molar-refractivity contribution in [3.8, 4) is 0 Å². The predicted molar refractivity (Wildman–Crippen MR) is 102 cm³/mol. The molecule has 0 saturated carbocycles. The second-order valence-corrected chi connectivity index (χ2v) is 6.89. The molecule has 1 aliphatic rings. The van der Waals surface area contributed by atoms with Crippen molar-refractivity contribution in [3.63, 3.8) is 0 Å². The number of carbonyl (C=O) groups is 2. The molecular formula is C19H30N4O3. The molecule has 0 radical (unpaired) electrons. The molecule has 1 fully saturated rings. The molecule has 26 heavy (non-hydrogen) atoms. The Morgan fingerprint density at radius 1 is 1.19 bits per heavy atom. The average molecular weight is 362 g/mol. The van der Waals surface area contributed by atoms with Crippen molar-refractivity contribution in [2.75, 3.05) is 59.3 Å². The number of benzene rings is 1. The van der Waals surface area contributed by atoms with Crippen molar-refractivity contribution in [1.82, 2.24) is 15.1 Å². The number of ether oxygens (including phenoxy) is 1. The molecule has 1 aromatic rings. The van der Waals surface area contributed by atoms with Crippen LogP contribution in [-0.2, 0) is 14.3 Å². The minimum atomic E-state index is -0.674. The number of hydrogen-bond acceptors (Lipinski definition) is 5. The molecule has 2 N–H and O–H groups in total. The van der Waals surface area contributed by atoms with E-state index in [1.807, 2.05) is 30.3 Å². The van der Waals surface area contributed by atoms with Gasteiger partial charge in [0.1, 0.15) is 5.54 Å². The van der Waals surface area contributed by atoms with Gasteiger partial charge in [0.05, 0.1) is 13.2 Å². The van der Waals surface area contributed by atoms with Crippen LogP contribution in [0.1, 0.15) is 12.8 Å². The zero-order valence-corrected chi connectivity index (χ0v) is 16.0. The van der Waals surface area contributed by atoms with Gasteiger partial charge in [-0.05, 0) is 25.0 Å². The van der Waals surface area contributed by atoms with Gasteiger partial charge in [0.25, 0.3) is 0 Å². The fraction of sp³-hybridized carbons (Fsp3) is 0.579. The third-order valence-electron chi connectivity index (χ3n) is 4.75. The maximum absolute atomic E-state index is 12.9. The van der Waals surface area contributed by atoms with Gasteiger partial charge in [0, 0.05) is 46.5 Å². The van der Waals surface area contributed by atoms with Crippen LogP contribution in [0, 0.1) is 0 Å². The van der Waals surface area contributed by atoms with E-state index in [9.17, 15) is 9.59 Å². The highest BCUT2D eigenvalue weighted by molar-refractivity contribution is 5.89. The third-order valence-corrected chi connectivity index (χ3v) is 4.75. The van der Waals surface area contributed by atoms with E-state index in [1.165, 1.54) is 0 Å². The summed E-state index contributed by atoms with van der Waals surface area (Å²) < 4.78 is 5.03. The van der Waals surface area contributed by atoms with Gasteiger partial charge in [-0.3, -0.25) is 14.5 Å². The zero-order chi connectivity index (χ0) is 19.0. The maximum atomic E-state index is 12.9. The van der Waals surface area contributed by atoms with Crippen LogP contribution < -0.4 is 10.6 Å². The lowest BCUT2D eigenvalue weighted by molar-refractivity contribution is -0.131. The van der Waals surface area contributed by atoms with Crippen molar-refractivity contribution >= 4 is 17.5 Å². The summed E-state index contributed by atoms with van der Waals surface area (Å²) in [5.74, 6) is 0.0649. The lowest BCUT2D eigenvalue weighted by Gasteiger charge is -2.41. The van der Waals surface area contributed by atoms with Crippen molar-refractivity contribution in [2.24, 2.45) is 0 Å². The van der Waals surface area contributed by atoms with E-state index in [0.29, 0.717) is 45.6 Å². The van der Waals surface area contributed by atoms with Gasteiger partial charge in [0.15, 0.2) is 0 Å². The Morgan fingerprint density at radius 2 is 1.85 bits per heavy atom. The smallest absolute Gasteiger partial charge is 0.245 e. The highest BCUT2D eigenvalue weighted by Gasteiger charge is 2.41. The Morgan fingerprint density at radius 3 is 2.42 bits per heavy atom. The van der Waals surface area contributed by atoms with Crippen LogP contribution >= 0.6 is 0 Å². The lowest BCUT2D eigenvalue weighted by Crippen LogP contribution is -2.59.